The van der Waals surface area contributed by atoms with E-state index < -0.39 is 35.8 Å². The van der Waals surface area contributed by atoms with Gasteiger partial charge < -0.3 is 9.84 Å². The Balaban J connectivity index is 2.42. The summed E-state index contributed by atoms with van der Waals surface area (Å²) in [5, 5.41) is 13.5. The third kappa shape index (κ3) is 4.07. The van der Waals surface area contributed by atoms with Gasteiger partial charge in [-0.3, -0.25) is 4.79 Å². The predicted octanol–water partition coefficient (Wildman–Crippen LogP) is 2.98. The highest BCUT2D eigenvalue weighted by atomic mass is 79.9. The van der Waals surface area contributed by atoms with Gasteiger partial charge in [0.15, 0.2) is 0 Å². The van der Waals surface area contributed by atoms with Crippen LogP contribution in [-0.2, 0) is 14.3 Å². The smallest absolute Gasteiger partial charge is 0.438 e. The van der Waals surface area contributed by atoms with E-state index in [1.807, 2.05) is 0 Å². The maximum absolute atomic E-state index is 13.4. The van der Waals surface area contributed by atoms with Crippen molar-refractivity contribution in [1.82, 2.24) is 5.01 Å². The minimum atomic E-state index is -5.23. The summed E-state index contributed by atoms with van der Waals surface area (Å²) < 4.78 is 45.8. The molecule has 1 amide bonds. The molecule has 1 aliphatic rings. The molecule has 1 aliphatic heterocycles. The molecule has 1 unspecified atom stereocenters. The molecule has 0 fully saturated rings. The Morgan fingerprint density at radius 3 is 2.23 bits per heavy atom. The minimum absolute atomic E-state index is 0.186. The molecule has 0 radical (unpaired) electrons. The number of benzene rings is 1. The van der Waals surface area contributed by atoms with E-state index in [1.165, 1.54) is 32.9 Å². The van der Waals surface area contributed by atoms with Crippen LogP contribution >= 0.6 is 15.9 Å². The molecule has 1 heterocycles. The van der Waals surface area contributed by atoms with Crippen LogP contribution in [0.15, 0.2) is 33.8 Å². The van der Waals surface area contributed by atoms with Gasteiger partial charge in [-0.2, -0.15) is 23.3 Å². The van der Waals surface area contributed by atoms with Gasteiger partial charge in [0.1, 0.15) is 5.60 Å². The Morgan fingerprint density at radius 2 is 1.77 bits per heavy atom. The second-order valence-electron chi connectivity index (χ2n) is 6.66. The molecule has 6 nitrogen and oxygen atoms in total. The van der Waals surface area contributed by atoms with Gasteiger partial charge in [0.2, 0.25) is 0 Å². The van der Waals surface area contributed by atoms with E-state index in [0.29, 0.717) is 4.47 Å². The van der Waals surface area contributed by atoms with E-state index in [4.69, 9.17) is 4.74 Å². The Bertz CT molecular complexity index is 756. The number of hydrogen-bond donors (Lipinski definition) is 1. The molecule has 0 saturated heterocycles. The van der Waals surface area contributed by atoms with E-state index in [9.17, 15) is 27.9 Å². The first kappa shape index (κ1) is 20.4. The van der Waals surface area contributed by atoms with Crippen molar-refractivity contribution in [1.29, 1.82) is 0 Å². The monoisotopic (exact) mass is 436 g/mol. The van der Waals surface area contributed by atoms with Crippen molar-refractivity contribution in [3.8, 4) is 0 Å². The zero-order chi connectivity index (χ0) is 19.9. The van der Waals surface area contributed by atoms with Crippen molar-refractivity contribution >= 4 is 33.5 Å². The zero-order valence-corrected chi connectivity index (χ0v) is 15.7. The third-order valence-corrected chi connectivity index (χ3v) is 3.91. The number of aliphatic hydroxyl groups is 1. The summed E-state index contributed by atoms with van der Waals surface area (Å²) >= 11 is 3.20. The highest BCUT2D eigenvalue weighted by Gasteiger charge is 2.64. The number of ether oxygens (including phenoxy) is 1. The normalized spacial score (nSPS) is 20.8. The number of alkyl halides is 3. The molecule has 0 aromatic heterocycles. The van der Waals surface area contributed by atoms with Crippen LogP contribution in [0, 0.1) is 0 Å². The van der Waals surface area contributed by atoms with Crippen LogP contribution in [0.1, 0.15) is 32.8 Å². The van der Waals surface area contributed by atoms with Crippen molar-refractivity contribution in [2.45, 2.75) is 44.7 Å². The number of rotatable bonds is 1. The summed E-state index contributed by atoms with van der Waals surface area (Å²) in [5.41, 5.74) is -4.64. The van der Waals surface area contributed by atoms with Crippen LogP contribution in [0.4, 0.5) is 13.2 Å². The van der Waals surface area contributed by atoms with E-state index in [2.05, 4.69) is 21.0 Å². The maximum Gasteiger partial charge on any atom is 0.438 e. The summed E-state index contributed by atoms with van der Waals surface area (Å²) in [4.78, 5) is 24.1. The van der Waals surface area contributed by atoms with Crippen LogP contribution in [0.25, 0.3) is 0 Å². The molecular weight excluding hydrogens is 421 g/mol. The first-order valence-corrected chi connectivity index (χ1v) is 8.24. The van der Waals surface area contributed by atoms with Crippen LogP contribution in [-0.4, -0.2) is 45.2 Å². The van der Waals surface area contributed by atoms with E-state index in [1.54, 1.807) is 12.1 Å². The van der Waals surface area contributed by atoms with Gasteiger partial charge in [0.25, 0.3) is 5.72 Å². The van der Waals surface area contributed by atoms with Gasteiger partial charge in [0, 0.05) is 4.47 Å². The van der Waals surface area contributed by atoms with Crippen molar-refractivity contribution in [2.75, 3.05) is 0 Å². The average Bonchev–Trinajstić information content (AvgIpc) is 2.84. The molecular formula is C16H16BrF3N2O4. The highest BCUT2D eigenvalue weighted by Crippen LogP contribution is 2.41. The number of hydrazone groups is 1. The summed E-state index contributed by atoms with van der Waals surface area (Å²) in [6, 6.07) is 6.09. The van der Waals surface area contributed by atoms with Crippen LogP contribution in [0.2, 0.25) is 0 Å². The van der Waals surface area contributed by atoms with Crippen molar-refractivity contribution in [2.24, 2.45) is 5.10 Å². The quantitative estimate of drug-likeness (QED) is 0.542. The first-order valence-electron chi connectivity index (χ1n) is 7.45. The Labute approximate surface area is 155 Å². The number of hydrogen-bond acceptors (Lipinski definition) is 5. The topological polar surface area (TPSA) is 79.2 Å². The first-order chi connectivity index (χ1) is 11.7. The lowest BCUT2D eigenvalue weighted by Gasteiger charge is -2.32. The number of halogens is 4. The SMILES string of the molecule is CC(C)(C)OC(=O)C(=O)N1N=C(c2ccc(Br)cc2)CC1(O)C(F)(F)F. The second kappa shape index (κ2) is 6.66. The molecule has 1 atom stereocenters. The number of carbonyl (C=O) groups is 2. The molecule has 1 aromatic rings. The molecule has 1 aromatic carbocycles. The summed E-state index contributed by atoms with van der Waals surface area (Å²) in [6.07, 6.45) is -6.24. The minimum Gasteiger partial charge on any atom is -0.453 e. The average molecular weight is 437 g/mol. The molecule has 26 heavy (non-hydrogen) atoms. The number of carbonyl (C=O) groups excluding carboxylic acids is 2. The molecule has 0 aliphatic carbocycles. The number of amides is 1. The Kier molecular flexibility index (Phi) is 5.22. The summed E-state index contributed by atoms with van der Waals surface area (Å²) in [6.45, 7) is 4.36. The molecule has 0 bridgehead atoms. The van der Waals surface area contributed by atoms with Crippen LogP contribution in [0.5, 0.6) is 0 Å². The lowest BCUT2D eigenvalue weighted by molar-refractivity contribution is -0.302. The van der Waals surface area contributed by atoms with Crippen molar-refractivity contribution in [3.05, 3.63) is 34.3 Å². The molecule has 0 spiro atoms. The zero-order valence-electron chi connectivity index (χ0n) is 14.1. The van der Waals surface area contributed by atoms with Crippen molar-refractivity contribution in [3.63, 3.8) is 0 Å². The predicted molar refractivity (Wildman–Crippen MR) is 89.0 cm³/mol. The molecule has 1 N–H and O–H groups in total. The lowest BCUT2D eigenvalue weighted by Crippen LogP contribution is -2.58. The molecule has 142 valence electrons. The fourth-order valence-electron chi connectivity index (χ4n) is 2.19. The van der Waals surface area contributed by atoms with E-state index in [0.717, 1.165) is 0 Å². The largest absolute Gasteiger partial charge is 0.453 e. The van der Waals surface area contributed by atoms with Gasteiger partial charge in [-0.25, -0.2) is 4.79 Å². The van der Waals surface area contributed by atoms with Gasteiger partial charge >= 0.3 is 18.1 Å². The fourth-order valence-corrected chi connectivity index (χ4v) is 2.46. The third-order valence-electron chi connectivity index (χ3n) is 3.38. The summed E-state index contributed by atoms with van der Waals surface area (Å²) in [5.74, 6) is -3.24. The number of nitrogens with zero attached hydrogens (tertiary/aromatic N) is 2. The Hall–Kier alpha value is -1.94. The van der Waals surface area contributed by atoms with Gasteiger partial charge in [-0.05, 0) is 38.5 Å². The standard InChI is InChI=1S/C16H16BrF3N2O4/c1-14(2,3)26-13(24)12(23)22-15(25,16(18,19)20)8-11(21-22)9-4-6-10(17)7-5-9/h4-7,25H,8H2,1-3H3. The van der Waals surface area contributed by atoms with Gasteiger partial charge in [-0.15, -0.1) is 0 Å². The van der Waals surface area contributed by atoms with Crippen LogP contribution < -0.4 is 0 Å². The lowest BCUT2D eigenvalue weighted by atomic mass is 10.0. The number of esters is 1. The van der Waals surface area contributed by atoms with E-state index >= 15 is 0 Å². The van der Waals surface area contributed by atoms with E-state index in [-0.39, 0.29) is 16.3 Å². The van der Waals surface area contributed by atoms with Crippen LogP contribution in [0.3, 0.4) is 0 Å². The summed E-state index contributed by atoms with van der Waals surface area (Å²) in [7, 11) is 0. The molecule has 2 rings (SSSR count). The molecule has 0 saturated carbocycles. The second-order valence-corrected chi connectivity index (χ2v) is 7.58. The van der Waals surface area contributed by atoms with Gasteiger partial charge in [-0.1, -0.05) is 28.1 Å². The highest BCUT2D eigenvalue weighted by molar-refractivity contribution is 9.10. The maximum atomic E-state index is 13.4. The van der Waals surface area contributed by atoms with Gasteiger partial charge in [0.05, 0.1) is 12.1 Å². The molecule has 10 heteroatoms. The Morgan fingerprint density at radius 1 is 1.23 bits per heavy atom. The van der Waals surface area contributed by atoms with Crippen molar-refractivity contribution < 1.29 is 32.6 Å². The fraction of sp³-hybridized carbons (Fsp3) is 0.438.